The average Bonchev–Trinajstić information content (AvgIpc) is 2.81. The summed E-state index contributed by atoms with van der Waals surface area (Å²) < 4.78 is 5.28. The van der Waals surface area contributed by atoms with Crippen molar-refractivity contribution in [3.8, 4) is 0 Å². The van der Waals surface area contributed by atoms with Crippen LogP contribution in [-0.2, 0) is 20.7 Å². The van der Waals surface area contributed by atoms with Gasteiger partial charge in [0, 0.05) is 18.6 Å². The molecule has 0 saturated carbocycles. The van der Waals surface area contributed by atoms with Crippen LogP contribution in [-0.4, -0.2) is 45.8 Å². The molecular weight excluding hydrogens is 472 g/mol. The van der Waals surface area contributed by atoms with Crippen LogP contribution < -0.4 is 10.6 Å². The fraction of sp³-hybridized carbons (Fsp3) is 0.375. The number of nitro groups is 2. The first-order valence-corrected chi connectivity index (χ1v) is 11.2. The standard InChI is InChI=1S/C24H28N4O8/c1-14(2)21(26-22(29)17-11-18(27(32)33)13-19(12-17)28(34)35)23(30)25-20(24(31)36-15(3)4)10-16-8-6-5-7-9-16/h5-9,11-15,20-21H,10H2,1-4H3,(H,25,30)(H,26,29). The molecular formula is C24H28N4O8. The zero-order valence-corrected chi connectivity index (χ0v) is 20.3. The number of nitro benzene ring substituents is 2. The van der Waals surface area contributed by atoms with Crippen LogP contribution in [0.3, 0.4) is 0 Å². The van der Waals surface area contributed by atoms with Crippen molar-refractivity contribution in [3.05, 3.63) is 79.9 Å². The topological polar surface area (TPSA) is 171 Å². The van der Waals surface area contributed by atoms with Crippen LogP contribution in [0.25, 0.3) is 0 Å². The Bertz CT molecular complexity index is 1100. The molecule has 0 fully saturated rings. The van der Waals surface area contributed by atoms with Gasteiger partial charge in [-0.15, -0.1) is 0 Å². The SMILES string of the molecule is CC(C)OC(=O)C(Cc1ccccc1)NC(=O)C(NC(=O)c1cc([N+](=O)[O-])cc([N+](=O)[O-])c1)C(C)C. The van der Waals surface area contributed by atoms with E-state index in [-0.39, 0.29) is 12.0 Å². The van der Waals surface area contributed by atoms with E-state index in [1.54, 1.807) is 52.0 Å². The third-order valence-corrected chi connectivity index (χ3v) is 5.06. The molecule has 2 N–H and O–H groups in total. The number of hydrogen-bond donors (Lipinski definition) is 2. The Morgan fingerprint density at radius 2 is 1.44 bits per heavy atom. The highest BCUT2D eigenvalue weighted by Gasteiger charge is 2.31. The summed E-state index contributed by atoms with van der Waals surface area (Å²) in [4.78, 5) is 59.2. The smallest absolute Gasteiger partial charge is 0.329 e. The van der Waals surface area contributed by atoms with Crippen molar-refractivity contribution in [1.29, 1.82) is 0 Å². The van der Waals surface area contributed by atoms with Gasteiger partial charge in [0.1, 0.15) is 12.1 Å². The lowest BCUT2D eigenvalue weighted by Gasteiger charge is -2.25. The summed E-state index contributed by atoms with van der Waals surface area (Å²) in [6, 6.07) is 9.28. The lowest BCUT2D eigenvalue weighted by molar-refractivity contribution is -0.394. The molecule has 0 aliphatic heterocycles. The molecule has 2 unspecified atom stereocenters. The van der Waals surface area contributed by atoms with E-state index in [0.29, 0.717) is 0 Å². The third kappa shape index (κ3) is 7.86. The maximum Gasteiger partial charge on any atom is 0.329 e. The van der Waals surface area contributed by atoms with E-state index in [1.807, 2.05) is 6.07 Å². The predicted molar refractivity (Wildman–Crippen MR) is 129 cm³/mol. The first kappa shape index (κ1) is 27.9. The molecule has 0 bridgehead atoms. The number of carbonyl (C=O) groups excluding carboxylic acids is 3. The molecule has 2 rings (SSSR count). The summed E-state index contributed by atoms with van der Waals surface area (Å²) in [5.74, 6) is -2.70. The third-order valence-electron chi connectivity index (χ3n) is 5.06. The van der Waals surface area contributed by atoms with Crippen LogP contribution in [0.1, 0.15) is 43.6 Å². The predicted octanol–water partition coefficient (Wildman–Crippen LogP) is 2.94. The van der Waals surface area contributed by atoms with Gasteiger partial charge in [-0.1, -0.05) is 44.2 Å². The molecule has 2 atom stereocenters. The van der Waals surface area contributed by atoms with Crippen LogP contribution in [0.15, 0.2) is 48.5 Å². The van der Waals surface area contributed by atoms with E-state index in [2.05, 4.69) is 10.6 Å². The highest BCUT2D eigenvalue weighted by Crippen LogP contribution is 2.23. The van der Waals surface area contributed by atoms with Gasteiger partial charge in [0.25, 0.3) is 17.3 Å². The first-order valence-electron chi connectivity index (χ1n) is 11.2. The molecule has 0 aromatic heterocycles. The van der Waals surface area contributed by atoms with Gasteiger partial charge in [0.05, 0.1) is 27.6 Å². The van der Waals surface area contributed by atoms with Gasteiger partial charge in [-0.2, -0.15) is 0 Å². The highest BCUT2D eigenvalue weighted by molar-refractivity contribution is 5.99. The van der Waals surface area contributed by atoms with Crippen molar-refractivity contribution >= 4 is 29.2 Å². The number of esters is 1. The fourth-order valence-corrected chi connectivity index (χ4v) is 3.32. The number of nitrogens with one attached hydrogen (secondary N) is 2. The summed E-state index contributed by atoms with van der Waals surface area (Å²) in [5, 5.41) is 27.4. The van der Waals surface area contributed by atoms with Gasteiger partial charge in [-0.05, 0) is 25.3 Å². The van der Waals surface area contributed by atoms with E-state index < -0.39 is 63.1 Å². The molecule has 0 saturated heterocycles. The molecule has 0 heterocycles. The second kappa shape index (κ2) is 12.4. The number of rotatable bonds is 11. The number of hydrogen-bond acceptors (Lipinski definition) is 8. The van der Waals surface area contributed by atoms with Gasteiger partial charge in [0.2, 0.25) is 5.91 Å². The Labute approximate surface area is 207 Å². The summed E-state index contributed by atoms with van der Waals surface area (Å²) in [5.41, 5.74) is -0.856. The first-order chi connectivity index (χ1) is 16.9. The molecule has 2 aromatic rings. The Morgan fingerprint density at radius 1 is 0.889 bits per heavy atom. The van der Waals surface area contributed by atoms with Gasteiger partial charge >= 0.3 is 5.97 Å². The molecule has 0 radical (unpaired) electrons. The second-order valence-corrected chi connectivity index (χ2v) is 8.68. The number of non-ortho nitro benzene ring substituents is 2. The van der Waals surface area contributed by atoms with E-state index >= 15 is 0 Å². The van der Waals surface area contributed by atoms with Gasteiger partial charge in [-0.25, -0.2) is 4.79 Å². The summed E-state index contributed by atoms with van der Waals surface area (Å²) >= 11 is 0. The second-order valence-electron chi connectivity index (χ2n) is 8.68. The Hall–Kier alpha value is -4.35. The molecule has 12 heteroatoms. The van der Waals surface area contributed by atoms with E-state index in [0.717, 1.165) is 23.8 Å². The zero-order chi connectivity index (χ0) is 27.0. The molecule has 36 heavy (non-hydrogen) atoms. The Kier molecular flexibility index (Phi) is 9.59. The molecule has 2 aromatic carbocycles. The van der Waals surface area contributed by atoms with E-state index in [9.17, 15) is 34.6 Å². The number of ether oxygens (including phenoxy) is 1. The highest BCUT2D eigenvalue weighted by atomic mass is 16.6. The lowest BCUT2D eigenvalue weighted by atomic mass is 10.0. The summed E-state index contributed by atoms with van der Waals surface area (Å²) in [6.07, 6.45) is -0.272. The largest absolute Gasteiger partial charge is 0.461 e. The van der Waals surface area contributed by atoms with Crippen LogP contribution >= 0.6 is 0 Å². The molecule has 0 aliphatic carbocycles. The number of benzene rings is 2. The van der Waals surface area contributed by atoms with Crippen molar-refractivity contribution in [2.24, 2.45) is 5.92 Å². The molecule has 0 spiro atoms. The van der Waals surface area contributed by atoms with Crippen LogP contribution in [0, 0.1) is 26.1 Å². The zero-order valence-electron chi connectivity index (χ0n) is 20.3. The molecule has 12 nitrogen and oxygen atoms in total. The van der Waals surface area contributed by atoms with Crippen molar-refractivity contribution in [1.82, 2.24) is 10.6 Å². The van der Waals surface area contributed by atoms with Gasteiger partial charge in [0.15, 0.2) is 0 Å². The van der Waals surface area contributed by atoms with Crippen molar-refractivity contribution in [2.45, 2.75) is 52.3 Å². The minimum Gasteiger partial charge on any atom is -0.461 e. The van der Waals surface area contributed by atoms with E-state index in [4.69, 9.17) is 4.74 Å². The number of amides is 2. The fourth-order valence-electron chi connectivity index (χ4n) is 3.32. The van der Waals surface area contributed by atoms with Crippen molar-refractivity contribution < 1.29 is 29.0 Å². The molecule has 0 aliphatic rings. The normalized spacial score (nSPS) is 12.5. The maximum absolute atomic E-state index is 13.1. The van der Waals surface area contributed by atoms with Gasteiger partial charge in [-0.3, -0.25) is 29.8 Å². The molecule has 192 valence electrons. The molecule has 2 amide bonds. The Morgan fingerprint density at radius 3 is 1.92 bits per heavy atom. The van der Waals surface area contributed by atoms with E-state index in [1.165, 1.54) is 0 Å². The number of nitrogens with zero attached hydrogens (tertiary/aromatic N) is 2. The monoisotopic (exact) mass is 500 g/mol. The van der Waals surface area contributed by atoms with Crippen LogP contribution in [0.2, 0.25) is 0 Å². The number of carbonyl (C=O) groups is 3. The van der Waals surface area contributed by atoms with Gasteiger partial charge < -0.3 is 15.4 Å². The van der Waals surface area contributed by atoms with Crippen LogP contribution in [0.5, 0.6) is 0 Å². The maximum atomic E-state index is 13.1. The summed E-state index contributed by atoms with van der Waals surface area (Å²) in [6.45, 7) is 6.65. The lowest BCUT2D eigenvalue weighted by Crippen LogP contribution is -2.54. The average molecular weight is 501 g/mol. The Balaban J connectivity index is 2.28. The minimum absolute atomic E-state index is 0.147. The quantitative estimate of drug-likeness (QED) is 0.269. The minimum atomic E-state index is -1.15. The van der Waals surface area contributed by atoms with Crippen molar-refractivity contribution in [2.75, 3.05) is 0 Å². The van der Waals surface area contributed by atoms with Crippen molar-refractivity contribution in [3.63, 3.8) is 0 Å². The van der Waals surface area contributed by atoms with Crippen LogP contribution in [0.4, 0.5) is 11.4 Å². The summed E-state index contributed by atoms with van der Waals surface area (Å²) in [7, 11) is 0.